The van der Waals surface area contributed by atoms with Crippen LogP contribution in [0, 0.1) is 6.92 Å². The van der Waals surface area contributed by atoms with Gasteiger partial charge in [0.1, 0.15) is 5.75 Å². The summed E-state index contributed by atoms with van der Waals surface area (Å²) in [5, 5.41) is 9.35. The summed E-state index contributed by atoms with van der Waals surface area (Å²) in [4.78, 5) is 4.88. The summed E-state index contributed by atoms with van der Waals surface area (Å²) in [6.07, 6.45) is 0. The fraction of sp³-hybridized carbons (Fsp3) is 0.333. The quantitative estimate of drug-likeness (QED) is 0.937. The minimum absolute atomic E-state index is 0.330. The Morgan fingerprint density at radius 3 is 2.10 bits per heavy atom. The average molecular weight is 282 g/mol. The highest BCUT2D eigenvalue weighted by molar-refractivity contribution is 5.49. The first kappa shape index (κ1) is 14.0. The van der Waals surface area contributed by atoms with Gasteiger partial charge in [0.15, 0.2) is 0 Å². The molecule has 1 saturated heterocycles. The number of piperazine rings is 1. The summed E-state index contributed by atoms with van der Waals surface area (Å²) in [6.45, 7) is 7.39. The van der Waals surface area contributed by atoms with E-state index in [1.807, 2.05) is 12.1 Å². The number of hydrogen-bond acceptors (Lipinski definition) is 3. The summed E-state index contributed by atoms with van der Waals surface area (Å²) < 4.78 is 0. The third kappa shape index (κ3) is 3.56. The van der Waals surface area contributed by atoms with E-state index >= 15 is 0 Å². The average Bonchev–Trinajstić information content (AvgIpc) is 2.51. The number of anilines is 1. The van der Waals surface area contributed by atoms with Crippen molar-refractivity contribution in [3.63, 3.8) is 0 Å². The molecule has 2 aromatic carbocycles. The van der Waals surface area contributed by atoms with E-state index in [9.17, 15) is 5.11 Å². The number of phenolic OH excluding ortho intramolecular Hbond substituents is 1. The minimum Gasteiger partial charge on any atom is -0.508 e. The smallest absolute Gasteiger partial charge is 0.115 e. The molecule has 1 fully saturated rings. The maximum absolute atomic E-state index is 9.35. The van der Waals surface area contributed by atoms with Gasteiger partial charge in [0.25, 0.3) is 0 Å². The first-order chi connectivity index (χ1) is 10.2. The number of aryl methyl sites for hydroxylation is 1. The van der Waals surface area contributed by atoms with E-state index in [0.29, 0.717) is 5.75 Å². The molecular weight excluding hydrogens is 260 g/mol. The van der Waals surface area contributed by atoms with Crippen molar-refractivity contribution in [1.82, 2.24) is 4.90 Å². The van der Waals surface area contributed by atoms with Gasteiger partial charge in [-0.25, -0.2) is 0 Å². The number of aromatic hydroxyl groups is 1. The zero-order valence-corrected chi connectivity index (χ0v) is 12.5. The lowest BCUT2D eigenvalue weighted by Gasteiger charge is -2.36. The van der Waals surface area contributed by atoms with E-state index in [2.05, 4.69) is 41.0 Å². The maximum Gasteiger partial charge on any atom is 0.115 e. The van der Waals surface area contributed by atoms with E-state index in [4.69, 9.17) is 0 Å². The topological polar surface area (TPSA) is 26.7 Å². The van der Waals surface area contributed by atoms with Crippen LogP contribution in [-0.2, 0) is 6.54 Å². The molecule has 1 heterocycles. The standard InChI is InChI=1S/C18H22N2O/c1-15-2-4-16(5-3-15)14-19-10-12-20(13-11-19)17-6-8-18(21)9-7-17/h2-9,21H,10-14H2,1H3. The van der Waals surface area contributed by atoms with Crippen LogP contribution in [0.2, 0.25) is 0 Å². The Labute approximate surface area is 126 Å². The second-order valence-electron chi connectivity index (χ2n) is 5.77. The lowest BCUT2D eigenvalue weighted by Crippen LogP contribution is -2.45. The van der Waals surface area contributed by atoms with Gasteiger partial charge in [-0.15, -0.1) is 0 Å². The normalized spacial score (nSPS) is 16.1. The van der Waals surface area contributed by atoms with Gasteiger partial charge >= 0.3 is 0 Å². The molecule has 1 N–H and O–H groups in total. The molecule has 0 saturated carbocycles. The second kappa shape index (κ2) is 6.19. The highest BCUT2D eigenvalue weighted by Crippen LogP contribution is 2.20. The summed E-state index contributed by atoms with van der Waals surface area (Å²) in [6, 6.07) is 16.3. The molecule has 21 heavy (non-hydrogen) atoms. The Kier molecular flexibility index (Phi) is 4.11. The van der Waals surface area contributed by atoms with Gasteiger partial charge in [-0.05, 0) is 36.8 Å². The molecule has 0 spiro atoms. The van der Waals surface area contributed by atoms with Crippen LogP contribution < -0.4 is 4.90 Å². The third-order valence-electron chi connectivity index (χ3n) is 4.11. The van der Waals surface area contributed by atoms with Crippen molar-refractivity contribution in [3.8, 4) is 5.75 Å². The Morgan fingerprint density at radius 1 is 0.857 bits per heavy atom. The van der Waals surface area contributed by atoms with Gasteiger partial charge in [-0.1, -0.05) is 29.8 Å². The first-order valence-corrected chi connectivity index (χ1v) is 7.52. The number of nitrogens with zero attached hydrogens (tertiary/aromatic N) is 2. The monoisotopic (exact) mass is 282 g/mol. The Hall–Kier alpha value is -2.00. The summed E-state index contributed by atoms with van der Waals surface area (Å²) in [5.74, 6) is 0.330. The third-order valence-corrected chi connectivity index (χ3v) is 4.11. The Bertz CT molecular complexity index is 569. The Balaban J connectivity index is 1.55. The van der Waals surface area contributed by atoms with E-state index < -0.39 is 0 Å². The van der Waals surface area contributed by atoms with Crippen LogP contribution in [0.5, 0.6) is 5.75 Å². The molecule has 3 rings (SSSR count). The molecular formula is C18H22N2O. The largest absolute Gasteiger partial charge is 0.508 e. The molecule has 0 unspecified atom stereocenters. The lowest BCUT2D eigenvalue weighted by molar-refractivity contribution is 0.250. The van der Waals surface area contributed by atoms with Crippen molar-refractivity contribution in [2.45, 2.75) is 13.5 Å². The van der Waals surface area contributed by atoms with Crippen LogP contribution in [-0.4, -0.2) is 36.2 Å². The zero-order valence-electron chi connectivity index (χ0n) is 12.5. The molecule has 0 bridgehead atoms. The molecule has 3 nitrogen and oxygen atoms in total. The van der Waals surface area contributed by atoms with E-state index in [0.717, 1.165) is 32.7 Å². The van der Waals surface area contributed by atoms with Gasteiger partial charge in [0.2, 0.25) is 0 Å². The summed E-state index contributed by atoms with van der Waals surface area (Å²) in [7, 11) is 0. The number of hydrogen-bond donors (Lipinski definition) is 1. The Morgan fingerprint density at radius 2 is 1.48 bits per heavy atom. The number of rotatable bonds is 3. The predicted molar refractivity (Wildman–Crippen MR) is 86.8 cm³/mol. The fourth-order valence-electron chi connectivity index (χ4n) is 2.78. The fourth-order valence-corrected chi connectivity index (χ4v) is 2.78. The SMILES string of the molecule is Cc1ccc(CN2CCN(c3ccc(O)cc3)CC2)cc1. The maximum atomic E-state index is 9.35. The summed E-state index contributed by atoms with van der Waals surface area (Å²) >= 11 is 0. The van der Waals surface area contributed by atoms with Crippen molar-refractivity contribution in [2.24, 2.45) is 0 Å². The van der Waals surface area contributed by atoms with Gasteiger partial charge in [0, 0.05) is 38.4 Å². The van der Waals surface area contributed by atoms with Gasteiger partial charge in [-0.2, -0.15) is 0 Å². The van der Waals surface area contributed by atoms with Crippen molar-refractivity contribution in [2.75, 3.05) is 31.1 Å². The predicted octanol–water partition coefficient (Wildman–Crippen LogP) is 3.02. The number of phenols is 1. The van der Waals surface area contributed by atoms with Crippen molar-refractivity contribution in [3.05, 3.63) is 59.7 Å². The van der Waals surface area contributed by atoms with Gasteiger partial charge < -0.3 is 10.0 Å². The zero-order chi connectivity index (χ0) is 14.7. The van der Waals surface area contributed by atoms with Gasteiger partial charge in [-0.3, -0.25) is 4.90 Å². The van der Waals surface area contributed by atoms with Crippen molar-refractivity contribution < 1.29 is 5.11 Å². The molecule has 2 aromatic rings. The van der Waals surface area contributed by atoms with E-state index in [-0.39, 0.29) is 0 Å². The lowest BCUT2D eigenvalue weighted by atomic mass is 10.1. The van der Waals surface area contributed by atoms with Crippen LogP contribution in [0.4, 0.5) is 5.69 Å². The molecule has 0 amide bonds. The molecule has 3 heteroatoms. The van der Waals surface area contributed by atoms with Crippen molar-refractivity contribution >= 4 is 5.69 Å². The molecule has 1 aliphatic rings. The van der Waals surface area contributed by atoms with Crippen LogP contribution in [0.15, 0.2) is 48.5 Å². The minimum atomic E-state index is 0.330. The molecule has 0 radical (unpaired) electrons. The highest BCUT2D eigenvalue weighted by atomic mass is 16.3. The number of benzene rings is 2. The van der Waals surface area contributed by atoms with Crippen LogP contribution in [0.3, 0.4) is 0 Å². The van der Waals surface area contributed by atoms with Crippen LogP contribution in [0.1, 0.15) is 11.1 Å². The van der Waals surface area contributed by atoms with E-state index in [1.165, 1.54) is 16.8 Å². The molecule has 0 atom stereocenters. The summed E-state index contributed by atoms with van der Waals surface area (Å²) in [5.41, 5.74) is 3.90. The van der Waals surface area contributed by atoms with Crippen LogP contribution >= 0.6 is 0 Å². The van der Waals surface area contributed by atoms with Gasteiger partial charge in [0.05, 0.1) is 0 Å². The first-order valence-electron chi connectivity index (χ1n) is 7.52. The molecule has 110 valence electrons. The second-order valence-corrected chi connectivity index (χ2v) is 5.77. The van der Waals surface area contributed by atoms with Crippen LogP contribution in [0.25, 0.3) is 0 Å². The van der Waals surface area contributed by atoms with Crippen molar-refractivity contribution in [1.29, 1.82) is 0 Å². The molecule has 0 aromatic heterocycles. The van der Waals surface area contributed by atoms with E-state index in [1.54, 1.807) is 12.1 Å². The highest BCUT2D eigenvalue weighted by Gasteiger charge is 2.17. The molecule has 1 aliphatic heterocycles. The molecule has 0 aliphatic carbocycles.